The Morgan fingerprint density at radius 1 is 1.00 bits per heavy atom. The number of benzene rings is 2. The van der Waals surface area contributed by atoms with Crippen LogP contribution in [0.1, 0.15) is 27.5 Å². The van der Waals surface area contributed by atoms with Gasteiger partial charge in [0.25, 0.3) is 0 Å². The first-order valence-electron chi connectivity index (χ1n) is 6.70. The van der Waals surface area contributed by atoms with E-state index in [4.69, 9.17) is 0 Å². The first-order valence-corrected chi connectivity index (χ1v) is 6.70. The predicted octanol–water partition coefficient (Wildman–Crippen LogP) is 3.08. The molecule has 0 spiro atoms. The molecule has 2 aromatic carbocycles. The molecule has 1 aliphatic heterocycles. The summed E-state index contributed by atoms with van der Waals surface area (Å²) in [5.41, 5.74) is 6.08. The molecule has 4 rings (SSSR count). The Kier molecular flexibility index (Phi) is 2.18. The molecule has 1 heterocycles. The van der Waals surface area contributed by atoms with E-state index in [1.54, 1.807) is 0 Å². The molecule has 2 heteroatoms. The van der Waals surface area contributed by atoms with Gasteiger partial charge in [-0.05, 0) is 35.7 Å². The highest BCUT2D eigenvalue weighted by Crippen LogP contribution is 2.44. The maximum atomic E-state index is 12.2. The topological polar surface area (TPSA) is 20.3 Å². The molecule has 0 aromatic heterocycles. The number of Topliss-reactive ketones (excluding diaryl/α,β-unsaturated/α-hetero) is 1. The minimum absolute atomic E-state index is 0.245. The molecule has 1 aliphatic carbocycles. The summed E-state index contributed by atoms with van der Waals surface area (Å²) in [4.78, 5) is 14.4. The van der Waals surface area contributed by atoms with Crippen LogP contribution < -0.4 is 0 Å². The molecule has 0 fully saturated rings. The summed E-state index contributed by atoms with van der Waals surface area (Å²) < 4.78 is 0. The molecular weight excluding hydrogens is 234 g/mol. The summed E-state index contributed by atoms with van der Waals surface area (Å²) in [5, 5.41) is 0. The van der Waals surface area contributed by atoms with Gasteiger partial charge in [0.1, 0.15) is 0 Å². The van der Waals surface area contributed by atoms with Crippen LogP contribution in [0, 0.1) is 0 Å². The lowest BCUT2D eigenvalue weighted by Gasteiger charge is -2.38. The predicted molar refractivity (Wildman–Crippen MR) is 75.3 cm³/mol. The summed E-state index contributed by atoms with van der Waals surface area (Å²) >= 11 is 0. The number of hydrogen-bond donors (Lipinski definition) is 0. The van der Waals surface area contributed by atoms with Crippen molar-refractivity contribution >= 4 is 5.78 Å². The van der Waals surface area contributed by atoms with Crippen LogP contribution in [0.15, 0.2) is 42.5 Å². The van der Waals surface area contributed by atoms with Gasteiger partial charge in [0.15, 0.2) is 5.78 Å². The second kappa shape index (κ2) is 3.78. The Morgan fingerprint density at radius 3 is 2.63 bits per heavy atom. The summed E-state index contributed by atoms with van der Waals surface area (Å²) in [5.74, 6) is 0.245. The number of ketones is 1. The van der Waals surface area contributed by atoms with Crippen LogP contribution in [0.25, 0.3) is 11.1 Å². The van der Waals surface area contributed by atoms with Crippen molar-refractivity contribution in [1.29, 1.82) is 0 Å². The van der Waals surface area contributed by atoms with Crippen LogP contribution in [0.4, 0.5) is 0 Å². The maximum absolute atomic E-state index is 12.2. The van der Waals surface area contributed by atoms with Crippen molar-refractivity contribution in [3.05, 3.63) is 59.2 Å². The lowest BCUT2D eigenvalue weighted by atomic mass is 9.77. The average Bonchev–Trinajstić information content (AvgIpc) is 2.44. The molecular formula is C17H15NO. The van der Waals surface area contributed by atoms with Gasteiger partial charge in [-0.2, -0.15) is 0 Å². The van der Waals surface area contributed by atoms with Crippen LogP contribution >= 0.6 is 0 Å². The third-order valence-electron chi connectivity index (χ3n) is 4.39. The molecule has 2 aliphatic rings. The second-order valence-electron chi connectivity index (χ2n) is 5.48. The molecule has 0 bridgehead atoms. The molecule has 0 saturated heterocycles. The maximum Gasteiger partial charge on any atom is 0.177 e. The largest absolute Gasteiger partial charge is 0.293 e. The molecule has 1 unspecified atom stereocenters. The van der Waals surface area contributed by atoms with E-state index >= 15 is 0 Å². The normalized spacial score (nSPS) is 20.9. The zero-order valence-electron chi connectivity index (χ0n) is 10.9. The zero-order valence-corrected chi connectivity index (χ0v) is 10.9. The van der Waals surface area contributed by atoms with E-state index in [2.05, 4.69) is 42.3 Å². The Hall–Kier alpha value is -1.93. The third kappa shape index (κ3) is 1.44. The monoisotopic (exact) mass is 249 g/mol. The van der Waals surface area contributed by atoms with Crippen molar-refractivity contribution in [2.24, 2.45) is 0 Å². The second-order valence-corrected chi connectivity index (χ2v) is 5.48. The van der Waals surface area contributed by atoms with Crippen LogP contribution in [0.2, 0.25) is 0 Å². The van der Waals surface area contributed by atoms with Crippen molar-refractivity contribution in [2.75, 3.05) is 13.6 Å². The molecule has 94 valence electrons. The summed E-state index contributed by atoms with van der Waals surface area (Å²) in [6.07, 6.45) is 1.00. The van der Waals surface area contributed by atoms with Crippen molar-refractivity contribution in [1.82, 2.24) is 4.90 Å². The number of fused-ring (bicyclic) bond motifs is 2. The first-order chi connectivity index (χ1) is 9.25. The van der Waals surface area contributed by atoms with E-state index in [-0.39, 0.29) is 5.78 Å². The average molecular weight is 249 g/mol. The quantitative estimate of drug-likeness (QED) is 0.715. The van der Waals surface area contributed by atoms with Gasteiger partial charge in [-0.3, -0.25) is 9.69 Å². The molecule has 1 atom stereocenters. The fourth-order valence-corrected chi connectivity index (χ4v) is 3.47. The number of nitrogens with zero attached hydrogens (tertiary/aromatic N) is 1. The Bertz CT molecular complexity index is 689. The Morgan fingerprint density at radius 2 is 1.74 bits per heavy atom. The van der Waals surface area contributed by atoms with E-state index in [0.29, 0.717) is 12.6 Å². The Balaban J connectivity index is 2.06. The van der Waals surface area contributed by atoms with Crippen LogP contribution in [-0.2, 0) is 6.42 Å². The van der Waals surface area contributed by atoms with Crippen molar-refractivity contribution in [3.63, 3.8) is 0 Å². The first kappa shape index (κ1) is 10.9. The summed E-state index contributed by atoms with van der Waals surface area (Å²) in [6.45, 7) is 0.531. The molecule has 19 heavy (non-hydrogen) atoms. The fourth-order valence-electron chi connectivity index (χ4n) is 3.47. The standard InChI is InChI=1S/C17H15NO/c1-18-10-16(19)14-8-4-7-13-12-6-3-2-5-11(12)9-15(18)17(13)14/h2-8,15H,9-10H2,1H3. The van der Waals surface area contributed by atoms with E-state index in [1.165, 1.54) is 22.3 Å². The molecule has 0 saturated carbocycles. The molecule has 2 aromatic rings. The van der Waals surface area contributed by atoms with Gasteiger partial charge in [0.05, 0.1) is 6.54 Å². The van der Waals surface area contributed by atoms with E-state index in [9.17, 15) is 4.79 Å². The van der Waals surface area contributed by atoms with Gasteiger partial charge in [-0.15, -0.1) is 0 Å². The number of carbonyl (C=O) groups excluding carboxylic acids is 1. The lowest BCUT2D eigenvalue weighted by molar-refractivity contribution is 0.0886. The molecule has 0 amide bonds. The highest BCUT2D eigenvalue weighted by atomic mass is 16.1. The van der Waals surface area contributed by atoms with Crippen LogP contribution in [-0.4, -0.2) is 24.3 Å². The van der Waals surface area contributed by atoms with Crippen molar-refractivity contribution in [2.45, 2.75) is 12.5 Å². The summed E-state index contributed by atoms with van der Waals surface area (Å²) in [6, 6.07) is 15.0. The number of hydrogen-bond acceptors (Lipinski definition) is 2. The molecule has 2 nitrogen and oxygen atoms in total. The van der Waals surface area contributed by atoms with Crippen molar-refractivity contribution < 1.29 is 4.79 Å². The molecule has 0 N–H and O–H groups in total. The van der Waals surface area contributed by atoms with Crippen molar-refractivity contribution in [3.8, 4) is 11.1 Å². The van der Waals surface area contributed by atoms with E-state index < -0.39 is 0 Å². The SMILES string of the molecule is CN1CC(=O)c2cccc3c2C1Cc1ccccc1-3. The van der Waals surface area contributed by atoms with Gasteiger partial charge in [-0.1, -0.05) is 42.5 Å². The summed E-state index contributed by atoms with van der Waals surface area (Å²) in [7, 11) is 2.05. The van der Waals surface area contributed by atoms with E-state index in [0.717, 1.165) is 12.0 Å². The lowest BCUT2D eigenvalue weighted by Crippen LogP contribution is -2.39. The minimum atomic E-state index is 0.245. The number of rotatable bonds is 0. The third-order valence-corrected chi connectivity index (χ3v) is 4.39. The van der Waals surface area contributed by atoms with Crippen LogP contribution in [0.3, 0.4) is 0 Å². The van der Waals surface area contributed by atoms with Gasteiger partial charge in [0, 0.05) is 11.6 Å². The highest BCUT2D eigenvalue weighted by Gasteiger charge is 2.35. The smallest absolute Gasteiger partial charge is 0.177 e. The zero-order chi connectivity index (χ0) is 13.0. The van der Waals surface area contributed by atoms with Crippen LogP contribution in [0.5, 0.6) is 0 Å². The number of carbonyl (C=O) groups is 1. The van der Waals surface area contributed by atoms with Gasteiger partial charge >= 0.3 is 0 Å². The minimum Gasteiger partial charge on any atom is -0.293 e. The highest BCUT2D eigenvalue weighted by molar-refractivity contribution is 6.02. The molecule has 0 radical (unpaired) electrons. The number of likely N-dealkylation sites (N-methyl/N-ethyl adjacent to an activating group) is 1. The van der Waals surface area contributed by atoms with E-state index in [1.807, 2.05) is 12.1 Å². The van der Waals surface area contributed by atoms with Gasteiger partial charge < -0.3 is 0 Å². The fraction of sp³-hybridized carbons (Fsp3) is 0.235. The van der Waals surface area contributed by atoms with Gasteiger partial charge in [-0.25, -0.2) is 0 Å². The van der Waals surface area contributed by atoms with Gasteiger partial charge in [0.2, 0.25) is 0 Å². The Labute approximate surface area is 112 Å².